The molecule has 0 saturated carbocycles. The molecule has 0 unspecified atom stereocenters. The molecule has 0 saturated heterocycles. The molecule has 0 bridgehead atoms. The van der Waals surface area contributed by atoms with E-state index in [0.29, 0.717) is 5.82 Å². The molecule has 5 nitrogen and oxygen atoms in total. The number of benzene rings is 8. The molecule has 0 aliphatic rings. The molecule has 0 radical (unpaired) electrons. The molecule has 4 aromatic heterocycles. The maximum Gasteiger partial charge on any atom is 0.160 e. The van der Waals surface area contributed by atoms with Crippen LogP contribution in [0, 0.1) is 0 Å². The summed E-state index contributed by atoms with van der Waals surface area (Å²) in [7, 11) is 0. The van der Waals surface area contributed by atoms with Crippen molar-refractivity contribution in [2.75, 3.05) is 0 Å². The predicted molar refractivity (Wildman–Crippen MR) is 242 cm³/mol. The van der Waals surface area contributed by atoms with Gasteiger partial charge in [-0.05, 0) is 52.6 Å². The fraction of sp³-hybridized carbons (Fsp3) is 0. The number of nitrogens with zero attached hydrogens (tertiary/aromatic N) is 5. The predicted octanol–water partition coefficient (Wildman–Crippen LogP) is 13.7. The van der Waals surface area contributed by atoms with Crippen LogP contribution < -0.4 is 0 Å². The summed E-state index contributed by atoms with van der Waals surface area (Å²) in [6, 6.07) is 62.2. The normalized spacial score (nSPS) is 11.8. The standard InChI is InChI=1S/C52H31N5S/c1-3-14-32(15-4-1)43-31-44(56-51(55-43)34-16-5-2-6-17-34)33-24-26-35(27-25-33)57-48-39-21-10-8-19-37(39)36-18-7-9-20-38(36)46(48)41-30-42(52-53-28-13-29-54-52)50-47(49(41)57)40-22-11-12-23-45(40)58-50/h1-31H. The third kappa shape index (κ3) is 5.02. The van der Waals surface area contributed by atoms with Crippen LogP contribution in [-0.4, -0.2) is 24.5 Å². The van der Waals surface area contributed by atoms with Crippen LogP contribution in [0.15, 0.2) is 188 Å². The molecule has 4 heterocycles. The molecular formula is C52H31N5S. The first-order valence-corrected chi connectivity index (χ1v) is 20.2. The number of hydrogen-bond acceptors (Lipinski definition) is 5. The summed E-state index contributed by atoms with van der Waals surface area (Å²) in [6.45, 7) is 0. The zero-order valence-electron chi connectivity index (χ0n) is 31.0. The fourth-order valence-electron chi connectivity index (χ4n) is 8.76. The molecule has 0 N–H and O–H groups in total. The minimum Gasteiger partial charge on any atom is -0.308 e. The Bertz CT molecular complexity index is 3480. The van der Waals surface area contributed by atoms with Crippen LogP contribution in [0.1, 0.15) is 0 Å². The van der Waals surface area contributed by atoms with Gasteiger partial charge in [0.1, 0.15) is 0 Å². The van der Waals surface area contributed by atoms with E-state index in [-0.39, 0.29) is 0 Å². The monoisotopic (exact) mass is 757 g/mol. The Hall–Kier alpha value is -7.54. The first-order chi connectivity index (χ1) is 28.8. The molecule has 0 fully saturated rings. The Labute approximate surface area is 337 Å². The Balaban J connectivity index is 1.18. The first kappa shape index (κ1) is 32.7. The lowest BCUT2D eigenvalue weighted by molar-refractivity contribution is 1.17. The molecule has 0 atom stereocenters. The SMILES string of the molecule is c1ccc(-c2cc(-c3ccc(-n4c5c(cc(-c6ncccn6)c6sc7ccccc7c65)c5c6ccccc6c6ccccc6c54)cc3)nc(-c3ccccc3)n2)cc1. The molecule has 0 spiro atoms. The van der Waals surface area contributed by atoms with Crippen molar-refractivity contribution in [2.24, 2.45) is 0 Å². The van der Waals surface area contributed by atoms with Crippen molar-refractivity contribution in [3.05, 3.63) is 188 Å². The zero-order valence-corrected chi connectivity index (χ0v) is 31.9. The van der Waals surface area contributed by atoms with Crippen molar-refractivity contribution >= 4 is 74.9 Å². The molecule has 6 heteroatoms. The summed E-state index contributed by atoms with van der Waals surface area (Å²) in [5.41, 5.74) is 9.29. The maximum absolute atomic E-state index is 5.15. The van der Waals surface area contributed by atoms with Crippen molar-refractivity contribution in [2.45, 2.75) is 0 Å². The van der Waals surface area contributed by atoms with E-state index in [1.807, 2.05) is 54.1 Å². The Morgan fingerprint density at radius 2 is 0.948 bits per heavy atom. The van der Waals surface area contributed by atoms with E-state index in [2.05, 4.69) is 150 Å². The van der Waals surface area contributed by atoms with Gasteiger partial charge in [0.15, 0.2) is 11.6 Å². The van der Waals surface area contributed by atoms with Gasteiger partial charge >= 0.3 is 0 Å². The van der Waals surface area contributed by atoms with Crippen molar-refractivity contribution in [1.29, 1.82) is 0 Å². The van der Waals surface area contributed by atoms with Crippen LogP contribution in [0.25, 0.3) is 115 Å². The molecule has 12 rings (SSSR count). The number of fused-ring (bicyclic) bond motifs is 12. The van der Waals surface area contributed by atoms with Crippen LogP contribution in [0.3, 0.4) is 0 Å². The van der Waals surface area contributed by atoms with Crippen molar-refractivity contribution in [3.8, 4) is 51.0 Å². The minimum absolute atomic E-state index is 0.701. The lowest BCUT2D eigenvalue weighted by Gasteiger charge is -2.14. The van der Waals surface area contributed by atoms with Gasteiger partial charge in [0.2, 0.25) is 0 Å². The third-order valence-corrected chi connectivity index (χ3v) is 12.5. The highest BCUT2D eigenvalue weighted by Crippen LogP contribution is 2.50. The third-order valence-electron chi connectivity index (χ3n) is 11.3. The highest BCUT2D eigenvalue weighted by molar-refractivity contribution is 7.26. The van der Waals surface area contributed by atoms with Crippen LogP contribution in [0.2, 0.25) is 0 Å². The van der Waals surface area contributed by atoms with Crippen LogP contribution >= 0.6 is 11.3 Å². The van der Waals surface area contributed by atoms with Gasteiger partial charge in [0.05, 0.1) is 22.4 Å². The second-order valence-corrected chi connectivity index (χ2v) is 15.6. The average molecular weight is 758 g/mol. The lowest BCUT2D eigenvalue weighted by atomic mass is 9.95. The summed E-state index contributed by atoms with van der Waals surface area (Å²) in [5.74, 6) is 1.43. The van der Waals surface area contributed by atoms with E-state index in [1.54, 1.807) is 0 Å². The van der Waals surface area contributed by atoms with Crippen molar-refractivity contribution in [1.82, 2.24) is 24.5 Å². The van der Waals surface area contributed by atoms with Gasteiger partial charge in [-0.2, -0.15) is 0 Å². The van der Waals surface area contributed by atoms with Gasteiger partial charge in [-0.25, -0.2) is 19.9 Å². The molecule has 0 aliphatic carbocycles. The molecule has 270 valence electrons. The molecule has 0 aliphatic heterocycles. The zero-order chi connectivity index (χ0) is 38.2. The summed E-state index contributed by atoms with van der Waals surface area (Å²) in [4.78, 5) is 19.8. The maximum atomic E-state index is 5.15. The van der Waals surface area contributed by atoms with Crippen LogP contribution in [-0.2, 0) is 0 Å². The van der Waals surface area contributed by atoms with E-state index in [0.717, 1.165) is 45.2 Å². The van der Waals surface area contributed by atoms with Gasteiger partial charge < -0.3 is 4.57 Å². The Morgan fingerprint density at radius 1 is 0.397 bits per heavy atom. The highest BCUT2D eigenvalue weighted by Gasteiger charge is 2.25. The summed E-state index contributed by atoms with van der Waals surface area (Å²) >= 11 is 1.81. The Kier molecular flexibility index (Phi) is 7.33. The van der Waals surface area contributed by atoms with E-state index in [1.165, 1.54) is 63.5 Å². The number of rotatable bonds is 5. The van der Waals surface area contributed by atoms with Crippen molar-refractivity contribution in [3.63, 3.8) is 0 Å². The van der Waals surface area contributed by atoms with Gasteiger partial charge in [-0.3, -0.25) is 0 Å². The number of hydrogen-bond donors (Lipinski definition) is 0. The van der Waals surface area contributed by atoms with Gasteiger partial charge in [-0.15, -0.1) is 11.3 Å². The number of thiophene rings is 1. The molecular weight excluding hydrogens is 727 g/mol. The molecule has 58 heavy (non-hydrogen) atoms. The van der Waals surface area contributed by atoms with Crippen LogP contribution in [0.5, 0.6) is 0 Å². The van der Waals surface area contributed by atoms with E-state index in [9.17, 15) is 0 Å². The van der Waals surface area contributed by atoms with E-state index in [4.69, 9.17) is 19.9 Å². The van der Waals surface area contributed by atoms with Gasteiger partial charge in [-0.1, -0.05) is 140 Å². The second-order valence-electron chi connectivity index (χ2n) is 14.6. The fourth-order valence-corrected chi connectivity index (χ4v) is 9.97. The van der Waals surface area contributed by atoms with E-state index >= 15 is 0 Å². The lowest BCUT2D eigenvalue weighted by Crippen LogP contribution is -1.98. The largest absolute Gasteiger partial charge is 0.308 e. The van der Waals surface area contributed by atoms with Gasteiger partial charge in [0.25, 0.3) is 0 Å². The van der Waals surface area contributed by atoms with Crippen LogP contribution in [0.4, 0.5) is 0 Å². The summed E-state index contributed by atoms with van der Waals surface area (Å²) in [5, 5.41) is 9.73. The number of aromatic nitrogens is 5. The second kappa shape index (κ2) is 13.0. The quantitative estimate of drug-likeness (QED) is 0.164. The highest BCUT2D eigenvalue weighted by atomic mass is 32.1. The summed E-state index contributed by atoms with van der Waals surface area (Å²) in [6.07, 6.45) is 3.67. The smallest absolute Gasteiger partial charge is 0.160 e. The average Bonchev–Trinajstić information content (AvgIpc) is 3.86. The minimum atomic E-state index is 0.701. The first-order valence-electron chi connectivity index (χ1n) is 19.4. The molecule has 0 amide bonds. The van der Waals surface area contributed by atoms with E-state index < -0.39 is 0 Å². The molecule has 12 aromatic rings. The van der Waals surface area contributed by atoms with Crippen molar-refractivity contribution < 1.29 is 0 Å². The Morgan fingerprint density at radius 3 is 1.66 bits per heavy atom. The topological polar surface area (TPSA) is 56.5 Å². The molecule has 8 aromatic carbocycles. The summed E-state index contributed by atoms with van der Waals surface area (Å²) < 4.78 is 4.92. The van der Waals surface area contributed by atoms with Gasteiger partial charge in [0, 0.05) is 76.7 Å².